The van der Waals surface area contributed by atoms with E-state index >= 15 is 0 Å². The fraction of sp³-hybridized carbons (Fsp3) is 0.400. The molecule has 3 aliphatic heterocycles. The Bertz CT molecular complexity index is 848. The van der Waals surface area contributed by atoms with Gasteiger partial charge in [0.25, 0.3) is 0 Å². The Balaban J connectivity index is 1.58. The minimum absolute atomic E-state index is 0.326. The van der Waals surface area contributed by atoms with Gasteiger partial charge in [0.15, 0.2) is 23.0 Å². The van der Waals surface area contributed by atoms with E-state index in [0.29, 0.717) is 12.8 Å². The van der Waals surface area contributed by atoms with Crippen molar-refractivity contribution in [1.29, 1.82) is 0 Å². The summed E-state index contributed by atoms with van der Waals surface area (Å²) in [6.07, 6.45) is 3.14. The van der Waals surface area contributed by atoms with Gasteiger partial charge >= 0.3 is 0 Å². The smallest absolute Gasteiger partial charge is 0.231 e. The lowest BCUT2D eigenvalue weighted by Crippen LogP contribution is -2.38. The van der Waals surface area contributed by atoms with Crippen LogP contribution in [0.3, 0.4) is 0 Å². The second-order valence-corrected chi connectivity index (χ2v) is 6.74. The van der Waals surface area contributed by atoms with Crippen LogP contribution < -0.4 is 23.8 Å². The molecule has 130 valence electrons. The molecule has 3 aliphatic rings. The van der Waals surface area contributed by atoms with Crippen LogP contribution in [0.25, 0.3) is 0 Å². The van der Waals surface area contributed by atoms with Crippen molar-refractivity contribution in [2.75, 3.05) is 32.5 Å². The maximum atomic E-state index is 5.60. The summed E-state index contributed by atoms with van der Waals surface area (Å²) < 4.78 is 22.1. The Kier molecular flexibility index (Phi) is 3.23. The molecule has 5 rings (SSSR count). The lowest BCUT2D eigenvalue weighted by atomic mass is 9.84. The summed E-state index contributed by atoms with van der Waals surface area (Å²) in [5.41, 5.74) is 5.35. The topological polar surface area (TPSA) is 40.2 Å². The molecule has 0 fully saturated rings. The number of hydrogen-bond donors (Lipinski definition) is 0. The van der Waals surface area contributed by atoms with Gasteiger partial charge in [-0.25, -0.2) is 0 Å². The van der Waals surface area contributed by atoms with E-state index in [0.717, 1.165) is 48.8 Å². The minimum atomic E-state index is 0.326. The number of fused-ring (bicyclic) bond motifs is 6. The second-order valence-electron chi connectivity index (χ2n) is 6.74. The molecule has 0 unspecified atom stereocenters. The summed E-state index contributed by atoms with van der Waals surface area (Å²) in [6.45, 7) is 1.33. The summed E-state index contributed by atoms with van der Waals surface area (Å²) in [4.78, 5) is 2.51. The molecule has 0 radical (unpaired) electrons. The molecule has 3 heterocycles. The standard InChI is InChI=1S/C20H21NO4/c1-22-17-8-13-3-4-15-14-9-20-19(24-11-25-20)7-12(14)5-6-21(15)16(13)10-18(17)23-2/h7-10,15H,3-6,11H2,1-2H3/t15-/m0/s1. The molecule has 0 amide bonds. The molecule has 0 spiro atoms. The summed E-state index contributed by atoms with van der Waals surface area (Å²) in [7, 11) is 3.38. The molecular weight excluding hydrogens is 318 g/mol. The summed E-state index contributed by atoms with van der Waals surface area (Å²) >= 11 is 0. The number of methoxy groups -OCH3 is 2. The largest absolute Gasteiger partial charge is 0.493 e. The number of aryl methyl sites for hydroxylation is 1. The van der Waals surface area contributed by atoms with Gasteiger partial charge in [-0.2, -0.15) is 0 Å². The molecule has 0 aliphatic carbocycles. The van der Waals surface area contributed by atoms with Crippen LogP contribution in [0.4, 0.5) is 5.69 Å². The van der Waals surface area contributed by atoms with Crippen LogP contribution >= 0.6 is 0 Å². The van der Waals surface area contributed by atoms with Crippen LogP contribution in [-0.2, 0) is 12.8 Å². The van der Waals surface area contributed by atoms with E-state index in [1.807, 2.05) is 0 Å². The predicted molar refractivity (Wildman–Crippen MR) is 94.2 cm³/mol. The summed E-state index contributed by atoms with van der Waals surface area (Å²) in [5.74, 6) is 3.35. The number of hydrogen-bond acceptors (Lipinski definition) is 5. The van der Waals surface area contributed by atoms with Gasteiger partial charge in [0, 0.05) is 18.3 Å². The van der Waals surface area contributed by atoms with E-state index in [1.54, 1.807) is 14.2 Å². The van der Waals surface area contributed by atoms with Gasteiger partial charge in [0.05, 0.1) is 20.3 Å². The highest BCUT2D eigenvalue weighted by atomic mass is 16.7. The second kappa shape index (κ2) is 5.48. The van der Waals surface area contributed by atoms with E-state index in [2.05, 4.69) is 29.2 Å². The van der Waals surface area contributed by atoms with Crippen LogP contribution in [0.2, 0.25) is 0 Å². The van der Waals surface area contributed by atoms with Gasteiger partial charge < -0.3 is 23.8 Å². The number of rotatable bonds is 2. The van der Waals surface area contributed by atoms with Gasteiger partial charge in [0.1, 0.15) is 0 Å². The zero-order valence-electron chi connectivity index (χ0n) is 14.5. The van der Waals surface area contributed by atoms with Crippen molar-refractivity contribution in [1.82, 2.24) is 0 Å². The zero-order chi connectivity index (χ0) is 17.0. The van der Waals surface area contributed by atoms with Crippen molar-refractivity contribution < 1.29 is 18.9 Å². The molecule has 2 aromatic rings. The maximum absolute atomic E-state index is 5.60. The number of anilines is 1. The maximum Gasteiger partial charge on any atom is 0.231 e. The molecule has 5 nitrogen and oxygen atoms in total. The number of ether oxygens (including phenoxy) is 4. The fourth-order valence-corrected chi connectivity index (χ4v) is 4.36. The van der Waals surface area contributed by atoms with E-state index < -0.39 is 0 Å². The number of benzene rings is 2. The molecular formula is C20H21NO4. The van der Waals surface area contributed by atoms with Crippen LogP contribution in [0.15, 0.2) is 24.3 Å². The van der Waals surface area contributed by atoms with Gasteiger partial charge in [-0.3, -0.25) is 0 Å². The Hall–Kier alpha value is -2.56. The van der Waals surface area contributed by atoms with E-state index in [9.17, 15) is 0 Å². The quantitative estimate of drug-likeness (QED) is 0.838. The van der Waals surface area contributed by atoms with Crippen molar-refractivity contribution in [2.45, 2.75) is 25.3 Å². The lowest BCUT2D eigenvalue weighted by Gasteiger charge is -2.43. The highest BCUT2D eigenvalue weighted by molar-refractivity contribution is 5.66. The van der Waals surface area contributed by atoms with Gasteiger partial charge in [-0.1, -0.05) is 0 Å². The Morgan fingerprint density at radius 2 is 1.68 bits per heavy atom. The summed E-state index contributed by atoms with van der Waals surface area (Å²) in [6, 6.07) is 8.97. The molecule has 0 N–H and O–H groups in total. The third-order valence-electron chi connectivity index (χ3n) is 5.57. The zero-order valence-corrected chi connectivity index (χ0v) is 14.5. The van der Waals surface area contributed by atoms with Crippen LogP contribution in [-0.4, -0.2) is 27.6 Å². The van der Waals surface area contributed by atoms with Gasteiger partial charge in [-0.15, -0.1) is 0 Å². The molecule has 0 saturated carbocycles. The highest BCUT2D eigenvalue weighted by Crippen LogP contribution is 2.48. The van der Waals surface area contributed by atoms with E-state index in [-0.39, 0.29) is 0 Å². The summed E-state index contributed by atoms with van der Waals surface area (Å²) in [5, 5.41) is 0. The first-order valence-corrected chi connectivity index (χ1v) is 8.72. The van der Waals surface area contributed by atoms with E-state index in [4.69, 9.17) is 18.9 Å². The first kappa shape index (κ1) is 14.8. The average molecular weight is 339 g/mol. The molecule has 25 heavy (non-hydrogen) atoms. The third-order valence-corrected chi connectivity index (χ3v) is 5.57. The molecule has 2 aromatic carbocycles. The van der Waals surface area contributed by atoms with Crippen LogP contribution in [0, 0.1) is 0 Å². The monoisotopic (exact) mass is 339 g/mol. The molecule has 5 heteroatoms. The SMILES string of the molecule is COc1cc2c(cc1OC)N1CCc3cc4c(cc3[C@@H]1CC2)OCO4. The molecule has 0 aromatic heterocycles. The van der Waals surface area contributed by atoms with Crippen LogP contribution in [0.1, 0.15) is 29.2 Å². The van der Waals surface area contributed by atoms with E-state index in [1.165, 1.54) is 22.4 Å². The lowest BCUT2D eigenvalue weighted by molar-refractivity contribution is 0.174. The average Bonchev–Trinajstić information content (AvgIpc) is 3.11. The Morgan fingerprint density at radius 1 is 0.920 bits per heavy atom. The van der Waals surface area contributed by atoms with Crippen molar-refractivity contribution in [3.8, 4) is 23.0 Å². The van der Waals surface area contributed by atoms with Crippen LogP contribution in [0.5, 0.6) is 23.0 Å². The minimum Gasteiger partial charge on any atom is -0.493 e. The van der Waals surface area contributed by atoms with Crippen molar-refractivity contribution in [2.24, 2.45) is 0 Å². The fourth-order valence-electron chi connectivity index (χ4n) is 4.36. The highest BCUT2D eigenvalue weighted by Gasteiger charge is 2.34. The van der Waals surface area contributed by atoms with Crippen molar-refractivity contribution in [3.05, 3.63) is 41.0 Å². The van der Waals surface area contributed by atoms with Crippen molar-refractivity contribution >= 4 is 5.69 Å². The van der Waals surface area contributed by atoms with Gasteiger partial charge in [-0.05, 0) is 54.2 Å². The first-order valence-electron chi connectivity index (χ1n) is 8.72. The Morgan fingerprint density at radius 3 is 2.48 bits per heavy atom. The molecule has 1 atom stereocenters. The predicted octanol–water partition coefficient (Wildman–Crippen LogP) is 3.48. The third kappa shape index (κ3) is 2.15. The Labute approximate surface area is 147 Å². The first-order chi connectivity index (χ1) is 12.3. The normalized spacial score (nSPS) is 19.8. The van der Waals surface area contributed by atoms with Crippen molar-refractivity contribution in [3.63, 3.8) is 0 Å². The molecule has 0 bridgehead atoms. The van der Waals surface area contributed by atoms with Gasteiger partial charge in [0.2, 0.25) is 6.79 Å². The molecule has 0 saturated heterocycles. The number of nitrogens with zero attached hydrogens (tertiary/aromatic N) is 1.